The molecule has 0 radical (unpaired) electrons. The molecule has 0 aliphatic rings. The molecule has 0 unspecified atom stereocenters. The average Bonchev–Trinajstić information content (AvgIpc) is 2.47. The van der Waals surface area contributed by atoms with E-state index in [1.807, 2.05) is 13.0 Å². The Balaban J connectivity index is 2.41. The summed E-state index contributed by atoms with van der Waals surface area (Å²) in [5.41, 5.74) is 0.705. The van der Waals surface area contributed by atoms with Crippen molar-refractivity contribution < 1.29 is 9.66 Å². The molecule has 1 N–H and O–H groups in total. The van der Waals surface area contributed by atoms with Gasteiger partial charge in [0, 0.05) is 6.54 Å². The van der Waals surface area contributed by atoms with Gasteiger partial charge < -0.3 is 10.1 Å². The van der Waals surface area contributed by atoms with E-state index < -0.39 is 4.92 Å². The first-order valence-corrected chi connectivity index (χ1v) is 6.35. The Kier molecular flexibility index (Phi) is 4.36. The highest BCUT2D eigenvalue weighted by molar-refractivity contribution is 5.69. The number of nitro groups is 1. The third-order valence-electron chi connectivity index (χ3n) is 2.74. The topological polar surface area (TPSA) is 88.2 Å². The van der Waals surface area contributed by atoms with E-state index in [4.69, 9.17) is 10.00 Å². The standard InChI is InChI=1S/C15H13N3O3/c1-2-17-13-7-4-8-14(15(13)18(19)20)21-12-6-3-5-11(9-12)10-16/h3-9,17H,2H2,1H3. The Morgan fingerprint density at radius 2 is 2.10 bits per heavy atom. The fourth-order valence-electron chi connectivity index (χ4n) is 1.88. The van der Waals surface area contributed by atoms with Crippen molar-refractivity contribution in [2.24, 2.45) is 0 Å². The summed E-state index contributed by atoms with van der Waals surface area (Å²) in [6.07, 6.45) is 0. The summed E-state index contributed by atoms with van der Waals surface area (Å²) in [5.74, 6) is 0.513. The van der Waals surface area contributed by atoms with Crippen molar-refractivity contribution in [3.8, 4) is 17.6 Å². The van der Waals surface area contributed by atoms with Crippen molar-refractivity contribution in [3.63, 3.8) is 0 Å². The van der Waals surface area contributed by atoms with Gasteiger partial charge in [0.15, 0.2) is 0 Å². The van der Waals surface area contributed by atoms with Crippen LogP contribution in [0.4, 0.5) is 11.4 Å². The van der Waals surface area contributed by atoms with Crippen molar-refractivity contribution in [2.45, 2.75) is 6.92 Å². The summed E-state index contributed by atoms with van der Waals surface area (Å²) in [6.45, 7) is 2.42. The number of nitro benzene ring substituents is 1. The van der Waals surface area contributed by atoms with Crippen LogP contribution in [0.3, 0.4) is 0 Å². The molecule has 2 aromatic rings. The molecular formula is C15H13N3O3. The Bertz CT molecular complexity index is 708. The molecule has 2 aromatic carbocycles. The minimum atomic E-state index is -0.485. The lowest BCUT2D eigenvalue weighted by atomic mass is 10.2. The molecule has 21 heavy (non-hydrogen) atoms. The zero-order chi connectivity index (χ0) is 15.2. The molecule has 0 atom stereocenters. The molecule has 0 aromatic heterocycles. The third-order valence-corrected chi connectivity index (χ3v) is 2.74. The van der Waals surface area contributed by atoms with E-state index in [9.17, 15) is 10.1 Å². The molecule has 0 aliphatic carbocycles. The van der Waals surface area contributed by atoms with Gasteiger partial charge >= 0.3 is 5.69 Å². The van der Waals surface area contributed by atoms with E-state index in [1.54, 1.807) is 30.3 Å². The van der Waals surface area contributed by atoms with Gasteiger partial charge in [-0.3, -0.25) is 10.1 Å². The van der Waals surface area contributed by atoms with Gasteiger partial charge in [0.1, 0.15) is 11.4 Å². The van der Waals surface area contributed by atoms with Crippen LogP contribution in [0.2, 0.25) is 0 Å². The van der Waals surface area contributed by atoms with Gasteiger partial charge in [0.05, 0.1) is 16.6 Å². The van der Waals surface area contributed by atoms with Crippen LogP contribution in [0.25, 0.3) is 0 Å². The molecule has 0 saturated heterocycles. The second-order valence-electron chi connectivity index (χ2n) is 4.18. The van der Waals surface area contributed by atoms with Crippen molar-refractivity contribution in [3.05, 3.63) is 58.1 Å². The van der Waals surface area contributed by atoms with Gasteiger partial charge in [-0.2, -0.15) is 5.26 Å². The lowest BCUT2D eigenvalue weighted by Crippen LogP contribution is -2.02. The molecule has 6 heteroatoms. The molecule has 0 amide bonds. The summed E-state index contributed by atoms with van der Waals surface area (Å²) in [7, 11) is 0. The van der Waals surface area contributed by atoms with Crippen molar-refractivity contribution >= 4 is 11.4 Å². The lowest BCUT2D eigenvalue weighted by Gasteiger charge is -2.10. The van der Waals surface area contributed by atoms with Gasteiger partial charge in [0.25, 0.3) is 0 Å². The Hall–Kier alpha value is -3.07. The van der Waals surface area contributed by atoms with E-state index in [0.29, 0.717) is 23.5 Å². The zero-order valence-corrected chi connectivity index (χ0v) is 11.4. The maximum Gasteiger partial charge on any atom is 0.334 e. The molecule has 0 bridgehead atoms. The van der Waals surface area contributed by atoms with Crippen LogP contribution in [0.1, 0.15) is 12.5 Å². The second-order valence-corrected chi connectivity index (χ2v) is 4.18. The van der Waals surface area contributed by atoms with Crippen molar-refractivity contribution in [1.82, 2.24) is 0 Å². The molecule has 2 rings (SSSR count). The van der Waals surface area contributed by atoms with Crippen molar-refractivity contribution in [1.29, 1.82) is 5.26 Å². The number of para-hydroxylation sites is 1. The Labute approximate surface area is 121 Å². The number of nitrogens with zero attached hydrogens (tertiary/aromatic N) is 2. The molecule has 0 heterocycles. The van der Waals surface area contributed by atoms with Crippen LogP contribution in [0, 0.1) is 21.4 Å². The van der Waals surface area contributed by atoms with E-state index >= 15 is 0 Å². The number of anilines is 1. The smallest absolute Gasteiger partial charge is 0.334 e. The number of hydrogen-bond acceptors (Lipinski definition) is 5. The molecule has 6 nitrogen and oxygen atoms in total. The zero-order valence-electron chi connectivity index (χ0n) is 11.4. The fourth-order valence-corrected chi connectivity index (χ4v) is 1.88. The van der Waals surface area contributed by atoms with E-state index in [0.717, 1.165) is 0 Å². The highest BCUT2D eigenvalue weighted by atomic mass is 16.6. The lowest BCUT2D eigenvalue weighted by molar-refractivity contribution is -0.384. The fraction of sp³-hybridized carbons (Fsp3) is 0.133. The quantitative estimate of drug-likeness (QED) is 0.667. The molecular weight excluding hydrogens is 270 g/mol. The van der Waals surface area contributed by atoms with Gasteiger partial charge in [-0.05, 0) is 37.3 Å². The van der Waals surface area contributed by atoms with Crippen LogP contribution in [0.15, 0.2) is 42.5 Å². The van der Waals surface area contributed by atoms with Gasteiger partial charge in [0.2, 0.25) is 5.75 Å². The van der Waals surface area contributed by atoms with Crippen LogP contribution in [-0.2, 0) is 0 Å². The number of ether oxygens (including phenoxy) is 1. The largest absolute Gasteiger partial charge is 0.450 e. The summed E-state index contributed by atoms with van der Waals surface area (Å²) < 4.78 is 5.57. The minimum Gasteiger partial charge on any atom is -0.450 e. The van der Waals surface area contributed by atoms with Crippen LogP contribution < -0.4 is 10.1 Å². The first-order chi connectivity index (χ1) is 10.2. The van der Waals surface area contributed by atoms with Gasteiger partial charge in [-0.1, -0.05) is 12.1 Å². The first kappa shape index (κ1) is 14.3. The van der Waals surface area contributed by atoms with Crippen LogP contribution in [-0.4, -0.2) is 11.5 Å². The predicted molar refractivity (Wildman–Crippen MR) is 78.5 cm³/mol. The van der Waals surface area contributed by atoms with Crippen molar-refractivity contribution in [2.75, 3.05) is 11.9 Å². The van der Waals surface area contributed by atoms with Crippen LogP contribution in [0.5, 0.6) is 11.5 Å². The summed E-state index contributed by atoms with van der Waals surface area (Å²) in [5, 5.41) is 23.1. The number of nitriles is 1. The van der Waals surface area contributed by atoms with E-state index in [2.05, 4.69) is 5.32 Å². The highest BCUT2D eigenvalue weighted by Crippen LogP contribution is 2.37. The Morgan fingerprint density at radius 1 is 1.33 bits per heavy atom. The maximum atomic E-state index is 11.3. The SMILES string of the molecule is CCNc1cccc(Oc2cccc(C#N)c2)c1[N+](=O)[O-]. The number of rotatable bonds is 5. The minimum absolute atomic E-state index is 0.123. The van der Waals surface area contributed by atoms with E-state index in [1.165, 1.54) is 12.1 Å². The van der Waals surface area contributed by atoms with E-state index in [-0.39, 0.29) is 11.4 Å². The number of benzene rings is 2. The number of hydrogen-bond donors (Lipinski definition) is 1. The molecule has 0 aliphatic heterocycles. The Morgan fingerprint density at radius 3 is 2.76 bits per heavy atom. The summed E-state index contributed by atoms with van der Waals surface area (Å²) >= 11 is 0. The monoisotopic (exact) mass is 283 g/mol. The highest BCUT2D eigenvalue weighted by Gasteiger charge is 2.21. The number of nitrogens with one attached hydrogen (secondary N) is 1. The summed E-state index contributed by atoms with van der Waals surface area (Å²) in [6, 6.07) is 13.3. The predicted octanol–water partition coefficient (Wildman–Crippen LogP) is 3.69. The van der Waals surface area contributed by atoms with Gasteiger partial charge in [-0.15, -0.1) is 0 Å². The molecule has 0 spiro atoms. The molecule has 0 saturated carbocycles. The average molecular weight is 283 g/mol. The van der Waals surface area contributed by atoms with Gasteiger partial charge in [-0.25, -0.2) is 0 Å². The normalized spacial score (nSPS) is 9.71. The van der Waals surface area contributed by atoms with Crippen LogP contribution >= 0.6 is 0 Å². The molecule has 106 valence electrons. The molecule has 0 fully saturated rings. The third kappa shape index (κ3) is 3.28. The summed E-state index contributed by atoms with van der Waals surface area (Å²) in [4.78, 5) is 10.8. The first-order valence-electron chi connectivity index (χ1n) is 6.35. The second kappa shape index (κ2) is 6.39. The maximum absolute atomic E-state index is 11.3.